The smallest absolute Gasteiger partial charge is 0.255 e. The topological polar surface area (TPSA) is 54.0 Å². The van der Waals surface area contributed by atoms with Crippen LogP contribution in [0.15, 0.2) is 66.9 Å². The molecule has 4 nitrogen and oxygen atoms in total. The van der Waals surface area contributed by atoms with Crippen LogP contribution in [0.1, 0.15) is 15.9 Å². The molecular weight excluding hydrogens is 369 g/mol. The molecule has 1 amide bonds. The molecule has 0 aliphatic heterocycles. The summed E-state index contributed by atoms with van der Waals surface area (Å²) in [6.45, 7) is 0.685. The van der Waals surface area contributed by atoms with Crippen molar-refractivity contribution in [2.45, 2.75) is 6.42 Å². The summed E-state index contributed by atoms with van der Waals surface area (Å²) in [6.07, 6.45) is 2.38. The fourth-order valence-electron chi connectivity index (χ4n) is 2.41. The number of hydrogen-bond donors (Lipinski definition) is 2. The van der Waals surface area contributed by atoms with E-state index in [4.69, 9.17) is 23.2 Å². The van der Waals surface area contributed by atoms with E-state index < -0.39 is 0 Å². The number of anilines is 2. The van der Waals surface area contributed by atoms with Crippen LogP contribution in [0.4, 0.5) is 11.5 Å². The van der Waals surface area contributed by atoms with E-state index >= 15 is 0 Å². The van der Waals surface area contributed by atoms with Gasteiger partial charge in [-0.25, -0.2) is 4.98 Å². The number of amides is 1. The summed E-state index contributed by atoms with van der Waals surface area (Å²) in [7, 11) is 0. The first kappa shape index (κ1) is 18.2. The molecular formula is C20H17Cl2N3O. The summed E-state index contributed by atoms with van der Waals surface area (Å²) in [4.78, 5) is 16.4. The summed E-state index contributed by atoms with van der Waals surface area (Å²) >= 11 is 12.1. The van der Waals surface area contributed by atoms with E-state index in [9.17, 15) is 4.79 Å². The van der Waals surface area contributed by atoms with Crippen LogP contribution in [-0.4, -0.2) is 17.4 Å². The highest BCUT2D eigenvalue weighted by Gasteiger charge is 2.06. The minimum atomic E-state index is -0.162. The number of aromatic nitrogens is 1. The van der Waals surface area contributed by atoms with Crippen molar-refractivity contribution in [3.05, 3.63) is 88.0 Å². The fraction of sp³-hybridized carbons (Fsp3) is 0.100. The zero-order valence-corrected chi connectivity index (χ0v) is 15.4. The van der Waals surface area contributed by atoms with E-state index in [1.165, 1.54) is 0 Å². The van der Waals surface area contributed by atoms with Crippen molar-refractivity contribution in [2.75, 3.05) is 17.2 Å². The third-order valence-corrected chi connectivity index (χ3v) is 4.36. The number of nitrogens with zero attached hydrogens (tertiary/aromatic N) is 1. The maximum atomic E-state index is 12.1. The van der Waals surface area contributed by atoms with Crippen LogP contribution in [0, 0.1) is 0 Å². The van der Waals surface area contributed by atoms with Gasteiger partial charge in [-0.2, -0.15) is 0 Å². The van der Waals surface area contributed by atoms with E-state index in [0.717, 1.165) is 17.8 Å². The van der Waals surface area contributed by atoms with Crippen LogP contribution < -0.4 is 10.6 Å². The second-order valence-electron chi connectivity index (χ2n) is 5.66. The average Bonchev–Trinajstić information content (AvgIpc) is 2.65. The number of nitrogens with one attached hydrogen (secondary N) is 2. The Labute approximate surface area is 162 Å². The largest absolute Gasteiger partial charge is 0.370 e. The Bertz CT molecular complexity index is 883. The Balaban J connectivity index is 1.52. The summed E-state index contributed by atoms with van der Waals surface area (Å²) < 4.78 is 0. The van der Waals surface area contributed by atoms with Crippen molar-refractivity contribution >= 4 is 40.6 Å². The summed E-state index contributed by atoms with van der Waals surface area (Å²) in [6, 6.07) is 18.2. The maximum absolute atomic E-state index is 12.1. The Kier molecular flexibility index (Phi) is 6.10. The molecule has 1 aromatic heterocycles. The Morgan fingerprint density at radius 2 is 1.81 bits per heavy atom. The van der Waals surface area contributed by atoms with Crippen LogP contribution in [0.2, 0.25) is 10.0 Å². The van der Waals surface area contributed by atoms with Crippen LogP contribution in [0.25, 0.3) is 0 Å². The number of carbonyl (C=O) groups excluding carboxylic acids is 1. The van der Waals surface area contributed by atoms with Crippen LogP contribution in [0.3, 0.4) is 0 Å². The van der Waals surface area contributed by atoms with E-state index in [1.807, 2.05) is 42.5 Å². The number of carbonyl (C=O) groups is 1. The van der Waals surface area contributed by atoms with Gasteiger partial charge in [0.15, 0.2) is 0 Å². The number of pyridine rings is 1. The summed E-state index contributed by atoms with van der Waals surface area (Å²) in [5.41, 5.74) is 2.27. The molecule has 0 radical (unpaired) electrons. The summed E-state index contributed by atoms with van der Waals surface area (Å²) in [5.74, 6) is 0.568. The quantitative estimate of drug-likeness (QED) is 0.605. The van der Waals surface area contributed by atoms with Crippen LogP contribution in [0.5, 0.6) is 0 Å². The highest BCUT2D eigenvalue weighted by molar-refractivity contribution is 6.35. The molecule has 132 valence electrons. The molecule has 0 spiro atoms. The molecule has 0 aliphatic rings. The lowest BCUT2D eigenvalue weighted by atomic mass is 10.1. The maximum Gasteiger partial charge on any atom is 0.255 e. The highest BCUT2D eigenvalue weighted by Crippen LogP contribution is 2.21. The molecule has 0 atom stereocenters. The van der Waals surface area contributed by atoms with Crippen molar-refractivity contribution < 1.29 is 4.79 Å². The Morgan fingerprint density at radius 1 is 1.00 bits per heavy atom. The van der Waals surface area contributed by atoms with E-state index in [1.54, 1.807) is 24.4 Å². The molecule has 0 fully saturated rings. The summed E-state index contributed by atoms with van der Waals surface area (Å²) in [5, 5.41) is 7.34. The lowest BCUT2D eigenvalue weighted by Crippen LogP contribution is -2.12. The molecule has 1 heterocycles. The lowest BCUT2D eigenvalue weighted by Gasteiger charge is -2.09. The van der Waals surface area contributed by atoms with Crippen LogP contribution >= 0.6 is 23.2 Å². The number of halogens is 2. The van der Waals surface area contributed by atoms with Gasteiger partial charge >= 0.3 is 0 Å². The van der Waals surface area contributed by atoms with Gasteiger partial charge in [0.1, 0.15) is 5.82 Å². The molecule has 0 aliphatic carbocycles. The molecule has 3 rings (SSSR count). The molecule has 3 aromatic rings. The monoisotopic (exact) mass is 385 g/mol. The second kappa shape index (κ2) is 8.70. The number of hydrogen-bond acceptors (Lipinski definition) is 3. The predicted octanol–water partition coefficient (Wildman–Crippen LogP) is 5.30. The average molecular weight is 386 g/mol. The van der Waals surface area contributed by atoms with Gasteiger partial charge in [-0.1, -0.05) is 47.5 Å². The molecule has 2 N–H and O–H groups in total. The molecule has 0 saturated heterocycles. The van der Waals surface area contributed by atoms with Crippen LogP contribution in [-0.2, 0) is 6.42 Å². The SMILES string of the molecule is O=C(Nc1ccc(NCCc2ccc(Cl)cc2Cl)nc1)c1ccccc1. The van der Waals surface area contributed by atoms with Crippen molar-refractivity contribution in [1.29, 1.82) is 0 Å². The third kappa shape index (κ3) is 4.97. The van der Waals surface area contributed by atoms with Gasteiger partial charge < -0.3 is 10.6 Å². The number of benzene rings is 2. The van der Waals surface area contributed by atoms with Crippen molar-refractivity contribution in [1.82, 2.24) is 4.98 Å². The minimum absolute atomic E-state index is 0.162. The fourth-order valence-corrected chi connectivity index (χ4v) is 2.92. The normalized spacial score (nSPS) is 10.4. The first-order valence-corrected chi connectivity index (χ1v) is 8.88. The first-order chi connectivity index (χ1) is 12.6. The zero-order chi connectivity index (χ0) is 18.4. The van der Waals surface area contributed by atoms with E-state index in [-0.39, 0.29) is 5.91 Å². The highest BCUT2D eigenvalue weighted by atomic mass is 35.5. The second-order valence-corrected chi connectivity index (χ2v) is 6.51. The van der Waals surface area contributed by atoms with Gasteiger partial charge in [-0.3, -0.25) is 4.79 Å². The van der Waals surface area contributed by atoms with Crippen molar-refractivity contribution in [2.24, 2.45) is 0 Å². The molecule has 0 bridgehead atoms. The number of rotatable bonds is 6. The third-order valence-electron chi connectivity index (χ3n) is 3.77. The standard InChI is InChI=1S/C20H17Cl2N3O/c21-16-7-6-14(18(22)12-16)10-11-23-19-9-8-17(13-24-19)25-20(26)15-4-2-1-3-5-15/h1-9,12-13H,10-11H2,(H,23,24)(H,25,26). The Hall–Kier alpha value is -2.56. The lowest BCUT2D eigenvalue weighted by molar-refractivity contribution is 0.102. The predicted molar refractivity (Wildman–Crippen MR) is 107 cm³/mol. The molecule has 0 saturated carbocycles. The Morgan fingerprint density at radius 3 is 2.50 bits per heavy atom. The molecule has 6 heteroatoms. The first-order valence-electron chi connectivity index (χ1n) is 8.12. The molecule has 26 heavy (non-hydrogen) atoms. The van der Waals surface area contributed by atoms with Gasteiger partial charge in [0.25, 0.3) is 5.91 Å². The van der Waals surface area contributed by atoms with Gasteiger partial charge in [0.2, 0.25) is 0 Å². The zero-order valence-electron chi connectivity index (χ0n) is 13.9. The van der Waals surface area contributed by atoms with Crippen molar-refractivity contribution in [3.63, 3.8) is 0 Å². The van der Waals surface area contributed by atoms with Gasteiger partial charge in [0.05, 0.1) is 11.9 Å². The van der Waals surface area contributed by atoms with Gasteiger partial charge in [-0.05, 0) is 48.4 Å². The van der Waals surface area contributed by atoms with Crippen molar-refractivity contribution in [3.8, 4) is 0 Å². The minimum Gasteiger partial charge on any atom is -0.370 e. The molecule has 2 aromatic carbocycles. The van der Waals surface area contributed by atoms with E-state index in [0.29, 0.717) is 27.8 Å². The van der Waals surface area contributed by atoms with Gasteiger partial charge in [0, 0.05) is 22.2 Å². The van der Waals surface area contributed by atoms with Gasteiger partial charge in [-0.15, -0.1) is 0 Å². The van der Waals surface area contributed by atoms with E-state index in [2.05, 4.69) is 15.6 Å². The molecule has 0 unspecified atom stereocenters.